The minimum absolute atomic E-state index is 0.0124. The molecular weight excluding hydrogens is 478 g/mol. The van der Waals surface area contributed by atoms with Crippen molar-refractivity contribution in [1.29, 1.82) is 0 Å². The second kappa shape index (κ2) is 9.87. The predicted octanol–water partition coefficient (Wildman–Crippen LogP) is 4.51. The number of rotatable bonds is 4. The number of fused-ring (bicyclic) bond motifs is 1. The summed E-state index contributed by atoms with van der Waals surface area (Å²) in [5.41, 5.74) is -0.0708. The first kappa shape index (κ1) is 25.9. The molecule has 1 aliphatic heterocycles. The zero-order valence-electron chi connectivity index (χ0n) is 19.8. The van der Waals surface area contributed by atoms with Crippen LogP contribution in [0.4, 0.5) is 10.5 Å². The first-order valence-electron chi connectivity index (χ1n) is 10.7. The number of nitrogens with zero attached hydrogens (tertiary/aromatic N) is 1. The van der Waals surface area contributed by atoms with Gasteiger partial charge in [-0.1, -0.05) is 11.6 Å². The number of Topliss-reactive ketones (excluding diaryl/α,β-unsaturated/α-hetero) is 1. The smallest absolute Gasteiger partial charge is 0.421 e. The van der Waals surface area contributed by atoms with Crippen molar-refractivity contribution in [1.82, 2.24) is 0 Å². The monoisotopic (exact) mass is 501 g/mol. The van der Waals surface area contributed by atoms with E-state index in [0.29, 0.717) is 10.6 Å². The van der Waals surface area contributed by atoms with Gasteiger partial charge in [-0.15, -0.1) is 0 Å². The van der Waals surface area contributed by atoms with Gasteiger partial charge in [0.05, 0.1) is 5.69 Å². The Morgan fingerprint density at radius 3 is 2.17 bits per heavy atom. The highest BCUT2D eigenvalue weighted by Gasteiger charge is 2.42. The summed E-state index contributed by atoms with van der Waals surface area (Å²) < 4.78 is 15.5. The molecule has 9 nitrogen and oxygen atoms in total. The fourth-order valence-electron chi connectivity index (χ4n) is 3.55. The molecule has 0 spiro atoms. The summed E-state index contributed by atoms with van der Waals surface area (Å²) in [4.78, 5) is 63.5. The lowest BCUT2D eigenvalue weighted by Gasteiger charge is -2.33. The third-order valence-electron chi connectivity index (χ3n) is 4.85. The minimum Gasteiger partial charge on any atom is -0.443 e. The molecule has 0 fully saturated rings. The van der Waals surface area contributed by atoms with Gasteiger partial charge in [0.25, 0.3) is 0 Å². The molecule has 3 rings (SSSR count). The lowest BCUT2D eigenvalue weighted by Crippen LogP contribution is -2.49. The first-order chi connectivity index (χ1) is 16.3. The Morgan fingerprint density at radius 2 is 1.57 bits per heavy atom. The zero-order chi connectivity index (χ0) is 26.1. The second-order valence-electron chi connectivity index (χ2n) is 8.90. The fourth-order valence-corrected chi connectivity index (χ4v) is 3.75. The van der Waals surface area contributed by atoms with Crippen molar-refractivity contribution in [2.24, 2.45) is 5.92 Å². The highest BCUT2D eigenvalue weighted by atomic mass is 35.5. The molecule has 0 saturated carbocycles. The number of benzene rings is 2. The highest BCUT2D eigenvalue weighted by Crippen LogP contribution is 2.36. The average molecular weight is 502 g/mol. The van der Waals surface area contributed by atoms with Crippen molar-refractivity contribution in [3.63, 3.8) is 0 Å². The number of ether oxygens (including phenoxy) is 3. The SMILES string of the molecule is CC(=O)Oc1ccc(C(=O)C2Cc3cc(Cl)ccc3N(C(=O)OC(C)(C)C)C2=O)cc1OC(C)=O. The van der Waals surface area contributed by atoms with E-state index in [9.17, 15) is 24.0 Å². The van der Waals surface area contributed by atoms with Gasteiger partial charge in [0.15, 0.2) is 17.3 Å². The Bertz CT molecular complexity index is 1230. The maximum Gasteiger partial charge on any atom is 0.421 e. The number of amides is 2. The number of esters is 2. The lowest BCUT2D eigenvalue weighted by atomic mass is 9.86. The van der Waals surface area contributed by atoms with E-state index in [2.05, 4.69) is 0 Å². The summed E-state index contributed by atoms with van der Waals surface area (Å²) in [6.45, 7) is 7.30. The van der Waals surface area contributed by atoms with Crippen LogP contribution in [0.2, 0.25) is 5.02 Å². The van der Waals surface area contributed by atoms with Gasteiger partial charge < -0.3 is 14.2 Å². The number of hydrogen-bond acceptors (Lipinski definition) is 8. The van der Waals surface area contributed by atoms with Gasteiger partial charge >= 0.3 is 18.0 Å². The van der Waals surface area contributed by atoms with E-state index in [0.717, 1.165) is 11.8 Å². The van der Waals surface area contributed by atoms with Crippen molar-refractivity contribution < 1.29 is 38.2 Å². The van der Waals surface area contributed by atoms with Crippen molar-refractivity contribution in [3.05, 3.63) is 52.5 Å². The van der Waals surface area contributed by atoms with E-state index >= 15 is 0 Å². The van der Waals surface area contributed by atoms with Crippen LogP contribution in [0.25, 0.3) is 0 Å². The number of ketones is 1. The molecule has 184 valence electrons. The summed E-state index contributed by atoms with van der Waals surface area (Å²) in [5, 5.41) is 0.372. The van der Waals surface area contributed by atoms with Crippen molar-refractivity contribution in [2.45, 2.75) is 46.6 Å². The number of imide groups is 1. The van der Waals surface area contributed by atoms with E-state index < -0.39 is 41.2 Å². The van der Waals surface area contributed by atoms with Gasteiger partial charge in [0, 0.05) is 24.4 Å². The topological polar surface area (TPSA) is 116 Å². The van der Waals surface area contributed by atoms with Crippen LogP contribution in [0.3, 0.4) is 0 Å². The molecule has 2 aromatic rings. The molecule has 0 aromatic heterocycles. The number of halogens is 1. The molecule has 0 N–H and O–H groups in total. The Kier molecular flexibility index (Phi) is 7.30. The van der Waals surface area contributed by atoms with Crippen molar-refractivity contribution in [2.75, 3.05) is 4.90 Å². The number of hydrogen-bond donors (Lipinski definition) is 0. The average Bonchev–Trinajstić information content (AvgIpc) is 2.72. The number of carbonyl (C=O) groups excluding carboxylic acids is 5. The lowest BCUT2D eigenvalue weighted by molar-refractivity contribution is -0.134. The Labute approximate surface area is 206 Å². The third kappa shape index (κ3) is 6.05. The standard InChI is InChI=1S/C25H24ClNO8/c1-13(28)33-20-9-6-15(12-21(20)34-14(2)29)22(30)18-11-16-10-17(26)7-8-19(16)27(23(18)31)24(32)35-25(3,4)5/h6-10,12,18H,11H2,1-5H3. The zero-order valence-corrected chi connectivity index (χ0v) is 20.6. The van der Waals surface area contributed by atoms with Crippen LogP contribution in [0.15, 0.2) is 36.4 Å². The highest BCUT2D eigenvalue weighted by molar-refractivity contribution is 6.31. The summed E-state index contributed by atoms with van der Waals surface area (Å²) in [6.07, 6.45) is -0.934. The molecule has 2 amide bonds. The van der Waals surface area contributed by atoms with Crippen LogP contribution in [0.1, 0.15) is 50.5 Å². The molecule has 1 atom stereocenters. The molecule has 10 heteroatoms. The largest absolute Gasteiger partial charge is 0.443 e. The molecule has 0 aliphatic carbocycles. The molecule has 1 heterocycles. The maximum absolute atomic E-state index is 13.4. The molecule has 0 radical (unpaired) electrons. The van der Waals surface area contributed by atoms with Gasteiger partial charge in [-0.3, -0.25) is 19.2 Å². The van der Waals surface area contributed by atoms with E-state index in [1.54, 1.807) is 26.8 Å². The van der Waals surface area contributed by atoms with Crippen LogP contribution >= 0.6 is 11.6 Å². The van der Waals surface area contributed by atoms with Gasteiger partial charge in [0.2, 0.25) is 5.91 Å². The van der Waals surface area contributed by atoms with Crippen LogP contribution < -0.4 is 14.4 Å². The summed E-state index contributed by atoms with van der Waals surface area (Å²) in [5.74, 6) is -4.24. The molecular formula is C25H24ClNO8. The number of anilines is 1. The molecule has 35 heavy (non-hydrogen) atoms. The first-order valence-corrected chi connectivity index (χ1v) is 11.0. The van der Waals surface area contributed by atoms with Crippen LogP contribution in [0, 0.1) is 5.92 Å². The second-order valence-corrected chi connectivity index (χ2v) is 9.33. The molecule has 0 saturated heterocycles. The van der Waals surface area contributed by atoms with Crippen LogP contribution in [0.5, 0.6) is 11.5 Å². The van der Waals surface area contributed by atoms with Crippen LogP contribution in [-0.2, 0) is 25.5 Å². The Hall–Kier alpha value is -3.72. The summed E-state index contributed by atoms with van der Waals surface area (Å²) >= 11 is 6.12. The van der Waals surface area contributed by atoms with E-state index in [1.807, 2.05) is 0 Å². The minimum atomic E-state index is -1.28. The third-order valence-corrected chi connectivity index (χ3v) is 5.09. The summed E-state index contributed by atoms with van der Waals surface area (Å²) in [6, 6.07) is 8.47. The van der Waals surface area contributed by atoms with Crippen LogP contribution in [-0.4, -0.2) is 35.3 Å². The normalized spacial score (nSPS) is 15.2. The molecule has 0 bridgehead atoms. The van der Waals surface area contributed by atoms with E-state index in [-0.39, 0.29) is 29.2 Å². The maximum atomic E-state index is 13.4. The van der Waals surface area contributed by atoms with Gasteiger partial charge in [-0.2, -0.15) is 0 Å². The van der Waals surface area contributed by atoms with Gasteiger partial charge in [-0.05, 0) is 69.2 Å². The molecule has 1 aliphatic rings. The van der Waals surface area contributed by atoms with Gasteiger partial charge in [-0.25, -0.2) is 9.69 Å². The quantitative estimate of drug-likeness (QED) is 0.260. The van der Waals surface area contributed by atoms with E-state index in [1.165, 1.54) is 37.3 Å². The Balaban J connectivity index is 2.03. The van der Waals surface area contributed by atoms with Gasteiger partial charge in [0.1, 0.15) is 11.5 Å². The number of carbonyl (C=O) groups is 5. The Morgan fingerprint density at radius 1 is 0.943 bits per heavy atom. The predicted molar refractivity (Wildman–Crippen MR) is 126 cm³/mol. The van der Waals surface area contributed by atoms with E-state index in [4.69, 9.17) is 25.8 Å². The van der Waals surface area contributed by atoms with Crippen molar-refractivity contribution >= 4 is 47.0 Å². The molecule has 1 unspecified atom stereocenters. The fraction of sp³-hybridized carbons (Fsp3) is 0.320. The molecule has 2 aromatic carbocycles. The summed E-state index contributed by atoms with van der Waals surface area (Å²) in [7, 11) is 0. The van der Waals surface area contributed by atoms with Crippen molar-refractivity contribution in [3.8, 4) is 11.5 Å².